The van der Waals surface area contributed by atoms with Crippen LogP contribution in [0.3, 0.4) is 0 Å². The Morgan fingerprint density at radius 2 is 2.08 bits per heavy atom. The van der Waals surface area contributed by atoms with E-state index < -0.39 is 5.92 Å². The van der Waals surface area contributed by atoms with Gasteiger partial charge in [-0.2, -0.15) is 0 Å². The highest BCUT2D eigenvalue weighted by Crippen LogP contribution is 2.47. The second-order valence-corrected chi connectivity index (χ2v) is 4.31. The molecule has 2 aliphatic rings. The minimum absolute atomic E-state index is 0.0819. The molecule has 0 saturated heterocycles. The van der Waals surface area contributed by atoms with Crippen LogP contribution >= 0.6 is 0 Å². The van der Waals surface area contributed by atoms with Gasteiger partial charge >= 0.3 is 0 Å². The zero-order chi connectivity index (χ0) is 8.77. The van der Waals surface area contributed by atoms with Gasteiger partial charge in [-0.05, 0) is 37.5 Å². The minimum atomic E-state index is -2.47. The maximum atomic E-state index is 12.7. The second-order valence-electron chi connectivity index (χ2n) is 4.31. The van der Waals surface area contributed by atoms with Crippen molar-refractivity contribution in [1.82, 2.24) is 0 Å². The third kappa shape index (κ3) is 1.52. The molecule has 3 atom stereocenters. The van der Waals surface area contributed by atoms with E-state index in [-0.39, 0.29) is 12.3 Å². The summed E-state index contributed by atoms with van der Waals surface area (Å²) in [7, 11) is 0. The van der Waals surface area contributed by atoms with Crippen LogP contribution in [0.4, 0.5) is 8.78 Å². The maximum absolute atomic E-state index is 12.7. The Bertz CT molecular complexity index is 202. The van der Waals surface area contributed by atoms with E-state index in [1.807, 2.05) is 0 Å². The molecule has 0 nitrogen and oxygen atoms in total. The summed E-state index contributed by atoms with van der Waals surface area (Å²) in [5.41, 5.74) is 0. The van der Waals surface area contributed by atoms with Gasteiger partial charge in [-0.15, -0.1) is 0 Å². The zero-order valence-corrected chi connectivity index (χ0v) is 7.26. The van der Waals surface area contributed by atoms with Crippen molar-refractivity contribution in [2.24, 2.45) is 17.8 Å². The standard InChI is InChI=1S/C10H14F2/c1-10(11,12)6-9-5-7-2-3-8(9)4-7/h2-3,7-9H,4-6H2,1H3. The highest BCUT2D eigenvalue weighted by atomic mass is 19.3. The Kier molecular flexibility index (Phi) is 1.74. The van der Waals surface area contributed by atoms with Gasteiger partial charge in [-0.1, -0.05) is 12.2 Å². The fourth-order valence-electron chi connectivity index (χ4n) is 2.59. The van der Waals surface area contributed by atoms with Crippen LogP contribution in [0, 0.1) is 17.8 Å². The summed E-state index contributed by atoms with van der Waals surface area (Å²) < 4.78 is 25.3. The average molecular weight is 172 g/mol. The molecule has 2 aliphatic carbocycles. The number of hydrogen-bond acceptors (Lipinski definition) is 0. The monoisotopic (exact) mass is 172 g/mol. The highest BCUT2D eigenvalue weighted by molar-refractivity contribution is 5.10. The molecule has 0 spiro atoms. The lowest BCUT2D eigenvalue weighted by Crippen LogP contribution is -2.19. The van der Waals surface area contributed by atoms with Gasteiger partial charge in [0.15, 0.2) is 0 Å². The van der Waals surface area contributed by atoms with Crippen molar-refractivity contribution >= 4 is 0 Å². The van der Waals surface area contributed by atoms with Gasteiger partial charge in [0, 0.05) is 6.42 Å². The Labute approximate surface area is 71.7 Å². The molecule has 0 aromatic heterocycles. The summed E-state index contributed by atoms with van der Waals surface area (Å²) in [6.07, 6.45) is 6.52. The maximum Gasteiger partial charge on any atom is 0.245 e. The van der Waals surface area contributed by atoms with Crippen LogP contribution in [0.25, 0.3) is 0 Å². The molecule has 0 aromatic carbocycles. The van der Waals surface area contributed by atoms with E-state index in [0.29, 0.717) is 11.8 Å². The van der Waals surface area contributed by atoms with Gasteiger partial charge in [0.25, 0.3) is 0 Å². The number of halogens is 2. The molecule has 0 aliphatic heterocycles. The largest absolute Gasteiger partial charge is 0.245 e. The number of alkyl halides is 2. The van der Waals surface area contributed by atoms with Crippen molar-refractivity contribution < 1.29 is 8.78 Å². The third-order valence-electron chi connectivity index (χ3n) is 3.04. The topological polar surface area (TPSA) is 0 Å². The predicted octanol–water partition coefficient (Wildman–Crippen LogP) is 3.24. The Hall–Kier alpha value is -0.400. The molecule has 0 aromatic rings. The molecular formula is C10H14F2. The SMILES string of the molecule is CC(F)(F)CC1CC2C=CC1C2. The predicted molar refractivity (Wildman–Crippen MR) is 44.1 cm³/mol. The van der Waals surface area contributed by atoms with Gasteiger partial charge in [0.2, 0.25) is 5.92 Å². The lowest BCUT2D eigenvalue weighted by Gasteiger charge is -2.21. The van der Waals surface area contributed by atoms with Crippen LogP contribution in [0.1, 0.15) is 26.2 Å². The number of allylic oxidation sites excluding steroid dienone is 2. The number of fused-ring (bicyclic) bond motifs is 2. The third-order valence-corrected chi connectivity index (χ3v) is 3.04. The molecular weight excluding hydrogens is 158 g/mol. The number of hydrogen-bond donors (Lipinski definition) is 0. The van der Waals surface area contributed by atoms with Crippen LogP contribution in [0.2, 0.25) is 0 Å². The summed E-state index contributed by atoms with van der Waals surface area (Å²) in [6.45, 7) is 1.03. The Morgan fingerprint density at radius 3 is 2.50 bits per heavy atom. The molecule has 2 rings (SSSR count). The first-order valence-electron chi connectivity index (χ1n) is 4.61. The lowest BCUT2D eigenvalue weighted by molar-refractivity contribution is -0.00700. The van der Waals surface area contributed by atoms with E-state index in [2.05, 4.69) is 12.2 Å². The van der Waals surface area contributed by atoms with Crippen LogP contribution in [0.15, 0.2) is 12.2 Å². The van der Waals surface area contributed by atoms with Crippen molar-refractivity contribution in [2.75, 3.05) is 0 Å². The smallest absolute Gasteiger partial charge is 0.207 e. The van der Waals surface area contributed by atoms with Crippen LogP contribution < -0.4 is 0 Å². The molecule has 2 heteroatoms. The van der Waals surface area contributed by atoms with E-state index in [4.69, 9.17) is 0 Å². The summed E-state index contributed by atoms with van der Waals surface area (Å²) in [5.74, 6) is -1.15. The van der Waals surface area contributed by atoms with Crippen LogP contribution in [-0.2, 0) is 0 Å². The highest BCUT2D eigenvalue weighted by Gasteiger charge is 2.39. The second kappa shape index (κ2) is 2.54. The molecule has 2 bridgehead atoms. The zero-order valence-electron chi connectivity index (χ0n) is 7.26. The molecule has 0 N–H and O–H groups in total. The van der Waals surface area contributed by atoms with E-state index in [0.717, 1.165) is 19.8 Å². The molecule has 0 amide bonds. The first-order chi connectivity index (χ1) is 5.54. The molecule has 68 valence electrons. The van der Waals surface area contributed by atoms with E-state index in [1.165, 1.54) is 0 Å². The number of rotatable bonds is 2. The van der Waals surface area contributed by atoms with Crippen LogP contribution in [-0.4, -0.2) is 5.92 Å². The van der Waals surface area contributed by atoms with E-state index in [1.54, 1.807) is 0 Å². The van der Waals surface area contributed by atoms with Crippen molar-refractivity contribution in [3.8, 4) is 0 Å². The van der Waals surface area contributed by atoms with E-state index in [9.17, 15) is 8.78 Å². The molecule has 3 unspecified atom stereocenters. The van der Waals surface area contributed by atoms with Gasteiger partial charge in [-0.3, -0.25) is 0 Å². The van der Waals surface area contributed by atoms with Crippen molar-refractivity contribution in [2.45, 2.75) is 32.1 Å². The van der Waals surface area contributed by atoms with Gasteiger partial charge in [-0.25, -0.2) is 8.78 Å². The van der Waals surface area contributed by atoms with E-state index >= 15 is 0 Å². The van der Waals surface area contributed by atoms with Crippen molar-refractivity contribution in [1.29, 1.82) is 0 Å². The molecule has 1 fully saturated rings. The van der Waals surface area contributed by atoms with Crippen molar-refractivity contribution in [3.63, 3.8) is 0 Å². The molecule has 12 heavy (non-hydrogen) atoms. The van der Waals surface area contributed by atoms with Gasteiger partial charge in [0.05, 0.1) is 0 Å². The first-order valence-corrected chi connectivity index (χ1v) is 4.61. The lowest BCUT2D eigenvalue weighted by atomic mass is 9.88. The molecule has 0 heterocycles. The fraction of sp³-hybridized carbons (Fsp3) is 0.800. The van der Waals surface area contributed by atoms with Crippen LogP contribution in [0.5, 0.6) is 0 Å². The average Bonchev–Trinajstić information content (AvgIpc) is 2.42. The van der Waals surface area contributed by atoms with Gasteiger partial charge < -0.3 is 0 Å². The summed E-state index contributed by atoms with van der Waals surface area (Å²) >= 11 is 0. The molecule has 1 saturated carbocycles. The normalized spacial score (nSPS) is 39.4. The minimum Gasteiger partial charge on any atom is -0.207 e. The molecule has 0 radical (unpaired) electrons. The summed E-state index contributed by atoms with van der Waals surface area (Å²) in [4.78, 5) is 0. The van der Waals surface area contributed by atoms with Crippen molar-refractivity contribution in [3.05, 3.63) is 12.2 Å². The van der Waals surface area contributed by atoms with Gasteiger partial charge in [0.1, 0.15) is 0 Å². The Balaban J connectivity index is 1.96. The fourth-order valence-corrected chi connectivity index (χ4v) is 2.59. The Morgan fingerprint density at radius 1 is 1.33 bits per heavy atom. The summed E-state index contributed by atoms with van der Waals surface area (Å²) in [5, 5.41) is 0. The summed E-state index contributed by atoms with van der Waals surface area (Å²) in [6, 6.07) is 0. The first kappa shape index (κ1) is 8.21. The quantitative estimate of drug-likeness (QED) is 0.561.